The van der Waals surface area contributed by atoms with Crippen LogP contribution in [0, 0.1) is 5.92 Å². The quantitative estimate of drug-likeness (QED) is 0.832. The standard InChI is InChI=1S/C17H23NO3/c19-16(21-15-9-11-18-12-10-15)17(20,14-7-4-8-14)13-5-2-1-3-6-13/h1-3,5-6,14-15,18,20H,4,7-12H2. The Morgan fingerprint density at radius 2 is 1.81 bits per heavy atom. The van der Waals surface area contributed by atoms with Crippen molar-refractivity contribution in [3.8, 4) is 0 Å². The van der Waals surface area contributed by atoms with Crippen LogP contribution in [0.4, 0.5) is 0 Å². The van der Waals surface area contributed by atoms with Crippen LogP contribution < -0.4 is 5.32 Å². The van der Waals surface area contributed by atoms with Gasteiger partial charge in [0.2, 0.25) is 0 Å². The van der Waals surface area contributed by atoms with E-state index in [1.54, 1.807) is 0 Å². The smallest absolute Gasteiger partial charge is 0.343 e. The summed E-state index contributed by atoms with van der Waals surface area (Å²) in [6.45, 7) is 1.73. The molecular formula is C17H23NO3. The first-order chi connectivity index (χ1) is 10.2. The summed E-state index contributed by atoms with van der Waals surface area (Å²) in [5.74, 6) is -0.487. The van der Waals surface area contributed by atoms with Gasteiger partial charge in [-0.2, -0.15) is 0 Å². The van der Waals surface area contributed by atoms with Crippen molar-refractivity contribution in [3.05, 3.63) is 35.9 Å². The second-order valence-corrected chi connectivity index (χ2v) is 6.11. The maximum Gasteiger partial charge on any atom is 0.343 e. The van der Waals surface area contributed by atoms with Crippen molar-refractivity contribution < 1.29 is 14.6 Å². The average molecular weight is 289 g/mol. The molecule has 1 heterocycles. The molecule has 2 aliphatic rings. The van der Waals surface area contributed by atoms with E-state index in [1.165, 1.54) is 0 Å². The van der Waals surface area contributed by atoms with Gasteiger partial charge in [-0.3, -0.25) is 0 Å². The average Bonchev–Trinajstić information content (AvgIpc) is 2.47. The van der Waals surface area contributed by atoms with Gasteiger partial charge in [-0.15, -0.1) is 0 Å². The number of hydrogen-bond donors (Lipinski definition) is 2. The molecule has 1 aromatic carbocycles. The SMILES string of the molecule is O=C(OC1CCNCC1)C(O)(c1ccccc1)C1CCC1. The van der Waals surface area contributed by atoms with E-state index in [9.17, 15) is 9.90 Å². The van der Waals surface area contributed by atoms with Crippen molar-refractivity contribution in [1.82, 2.24) is 5.32 Å². The molecular weight excluding hydrogens is 266 g/mol. The van der Waals surface area contributed by atoms with Gasteiger partial charge in [-0.25, -0.2) is 4.79 Å². The van der Waals surface area contributed by atoms with Crippen molar-refractivity contribution >= 4 is 5.97 Å². The topological polar surface area (TPSA) is 58.6 Å². The minimum absolute atomic E-state index is 0.0193. The number of aliphatic hydroxyl groups is 1. The first-order valence-corrected chi connectivity index (χ1v) is 7.91. The summed E-state index contributed by atoms with van der Waals surface area (Å²) in [6, 6.07) is 9.25. The Hall–Kier alpha value is -1.39. The highest BCUT2D eigenvalue weighted by atomic mass is 16.6. The Morgan fingerprint density at radius 1 is 1.14 bits per heavy atom. The number of rotatable bonds is 4. The van der Waals surface area contributed by atoms with Crippen molar-refractivity contribution in [1.29, 1.82) is 0 Å². The molecule has 1 aliphatic carbocycles. The molecule has 1 unspecified atom stereocenters. The maximum atomic E-state index is 12.7. The predicted molar refractivity (Wildman–Crippen MR) is 79.7 cm³/mol. The van der Waals surface area contributed by atoms with Crippen LogP contribution in [0.5, 0.6) is 0 Å². The van der Waals surface area contributed by atoms with E-state index in [0.717, 1.165) is 45.2 Å². The molecule has 1 aliphatic heterocycles. The van der Waals surface area contributed by atoms with E-state index >= 15 is 0 Å². The van der Waals surface area contributed by atoms with E-state index in [4.69, 9.17) is 4.74 Å². The highest BCUT2D eigenvalue weighted by molar-refractivity contribution is 5.82. The summed E-state index contributed by atoms with van der Waals surface area (Å²) < 4.78 is 5.64. The molecule has 0 aromatic heterocycles. The molecule has 21 heavy (non-hydrogen) atoms. The number of carbonyl (C=O) groups is 1. The minimum atomic E-state index is -1.48. The molecule has 0 amide bonds. The van der Waals surface area contributed by atoms with Crippen LogP contribution in [-0.2, 0) is 15.1 Å². The van der Waals surface area contributed by atoms with Crippen LogP contribution in [0.1, 0.15) is 37.7 Å². The monoisotopic (exact) mass is 289 g/mol. The van der Waals surface area contributed by atoms with Crippen molar-refractivity contribution in [2.75, 3.05) is 13.1 Å². The number of carbonyl (C=O) groups excluding carboxylic acids is 1. The summed E-state index contributed by atoms with van der Waals surface area (Å²) in [4.78, 5) is 12.7. The zero-order chi connectivity index (χ0) is 14.7. The van der Waals surface area contributed by atoms with Gasteiger partial charge in [0, 0.05) is 5.92 Å². The molecule has 114 valence electrons. The normalized spacial score (nSPS) is 23.1. The van der Waals surface area contributed by atoms with Gasteiger partial charge in [0.1, 0.15) is 6.10 Å². The lowest BCUT2D eigenvalue weighted by Gasteiger charge is -2.40. The third-order valence-electron chi connectivity index (χ3n) is 4.78. The number of ether oxygens (including phenoxy) is 1. The Balaban J connectivity index is 1.79. The highest BCUT2D eigenvalue weighted by Crippen LogP contribution is 2.43. The van der Waals surface area contributed by atoms with Gasteiger partial charge in [-0.1, -0.05) is 36.8 Å². The molecule has 0 spiro atoms. The minimum Gasteiger partial charge on any atom is -0.460 e. The van der Waals surface area contributed by atoms with Gasteiger partial charge in [0.05, 0.1) is 0 Å². The van der Waals surface area contributed by atoms with E-state index in [2.05, 4.69) is 5.32 Å². The van der Waals surface area contributed by atoms with Crippen molar-refractivity contribution in [2.45, 2.75) is 43.8 Å². The molecule has 1 saturated carbocycles. The molecule has 4 nitrogen and oxygen atoms in total. The van der Waals surface area contributed by atoms with Gasteiger partial charge < -0.3 is 15.2 Å². The molecule has 1 atom stereocenters. The fraction of sp³-hybridized carbons (Fsp3) is 0.588. The molecule has 3 rings (SSSR count). The van der Waals surface area contributed by atoms with Crippen LogP contribution in [0.15, 0.2) is 30.3 Å². The third kappa shape index (κ3) is 2.83. The second-order valence-electron chi connectivity index (χ2n) is 6.11. The van der Waals surface area contributed by atoms with Crippen LogP contribution in [0.2, 0.25) is 0 Å². The van der Waals surface area contributed by atoms with Gasteiger partial charge in [0.25, 0.3) is 0 Å². The highest BCUT2D eigenvalue weighted by Gasteiger charge is 2.49. The summed E-state index contributed by atoms with van der Waals surface area (Å²) in [5, 5.41) is 14.4. The number of hydrogen-bond acceptors (Lipinski definition) is 4. The van der Waals surface area contributed by atoms with Crippen LogP contribution in [0.25, 0.3) is 0 Å². The van der Waals surface area contributed by atoms with Crippen LogP contribution in [0.3, 0.4) is 0 Å². The molecule has 1 aromatic rings. The molecule has 2 N–H and O–H groups in total. The number of nitrogens with one attached hydrogen (secondary N) is 1. The second kappa shape index (κ2) is 6.16. The van der Waals surface area contributed by atoms with E-state index in [1.807, 2.05) is 30.3 Å². The van der Waals surface area contributed by atoms with E-state index < -0.39 is 11.6 Å². The Kier molecular flexibility index (Phi) is 4.27. The molecule has 4 heteroatoms. The zero-order valence-electron chi connectivity index (χ0n) is 12.3. The fourth-order valence-corrected chi connectivity index (χ4v) is 3.19. The Bertz CT molecular complexity index is 480. The van der Waals surface area contributed by atoms with Crippen LogP contribution >= 0.6 is 0 Å². The number of piperidine rings is 1. The molecule has 0 bridgehead atoms. The number of benzene rings is 1. The summed E-state index contributed by atoms with van der Waals surface area (Å²) >= 11 is 0. The lowest BCUT2D eigenvalue weighted by Crippen LogP contribution is -2.49. The largest absolute Gasteiger partial charge is 0.460 e. The predicted octanol–water partition coefficient (Wildman–Crippen LogP) is 1.97. The maximum absolute atomic E-state index is 12.7. The van der Waals surface area contributed by atoms with Crippen molar-refractivity contribution in [3.63, 3.8) is 0 Å². The number of esters is 1. The molecule has 2 fully saturated rings. The van der Waals surface area contributed by atoms with Gasteiger partial charge in [-0.05, 0) is 44.3 Å². The Labute approximate surface area is 125 Å². The first-order valence-electron chi connectivity index (χ1n) is 7.91. The van der Waals surface area contributed by atoms with Gasteiger partial charge >= 0.3 is 5.97 Å². The van der Waals surface area contributed by atoms with Gasteiger partial charge in [0.15, 0.2) is 5.60 Å². The lowest BCUT2D eigenvalue weighted by molar-refractivity contribution is -0.184. The molecule has 0 radical (unpaired) electrons. The fourth-order valence-electron chi connectivity index (χ4n) is 3.19. The first kappa shape index (κ1) is 14.5. The summed E-state index contributed by atoms with van der Waals surface area (Å²) in [5.41, 5.74) is -0.821. The zero-order valence-corrected chi connectivity index (χ0v) is 12.3. The lowest BCUT2D eigenvalue weighted by atomic mass is 9.69. The van der Waals surface area contributed by atoms with Crippen LogP contribution in [-0.4, -0.2) is 30.3 Å². The third-order valence-corrected chi connectivity index (χ3v) is 4.78. The summed E-state index contributed by atoms with van der Waals surface area (Å²) in [6.07, 6.45) is 4.40. The summed E-state index contributed by atoms with van der Waals surface area (Å²) in [7, 11) is 0. The van der Waals surface area contributed by atoms with E-state index in [0.29, 0.717) is 5.56 Å². The van der Waals surface area contributed by atoms with Crippen molar-refractivity contribution in [2.24, 2.45) is 5.92 Å². The Morgan fingerprint density at radius 3 is 2.38 bits per heavy atom. The van der Waals surface area contributed by atoms with E-state index in [-0.39, 0.29) is 12.0 Å². The molecule has 1 saturated heterocycles.